The van der Waals surface area contributed by atoms with Crippen molar-refractivity contribution in [2.24, 2.45) is 5.73 Å². The summed E-state index contributed by atoms with van der Waals surface area (Å²) in [5, 5.41) is 4.39. The summed E-state index contributed by atoms with van der Waals surface area (Å²) in [6.45, 7) is 1.22. The van der Waals surface area contributed by atoms with E-state index in [1.165, 1.54) is 17.7 Å². The maximum Gasteiger partial charge on any atom is 0.404 e. The van der Waals surface area contributed by atoms with Gasteiger partial charge in [0.25, 0.3) is 0 Å². The SMILES string of the molecule is NC(=O)OCc1ccc(-c2cnn3c2CCC3)cc1. The van der Waals surface area contributed by atoms with Crippen LogP contribution < -0.4 is 5.73 Å². The molecule has 0 bridgehead atoms. The van der Waals surface area contributed by atoms with Gasteiger partial charge >= 0.3 is 6.09 Å². The van der Waals surface area contributed by atoms with Gasteiger partial charge in [0.15, 0.2) is 0 Å². The van der Waals surface area contributed by atoms with Crippen molar-refractivity contribution in [3.63, 3.8) is 0 Å². The number of amides is 1. The number of nitrogens with two attached hydrogens (primary N) is 1. The second kappa shape index (κ2) is 4.76. The molecule has 1 aromatic carbocycles. The zero-order chi connectivity index (χ0) is 13.2. The third-order valence-corrected chi connectivity index (χ3v) is 3.38. The molecule has 2 N–H and O–H groups in total. The molecule has 5 nitrogen and oxygen atoms in total. The zero-order valence-electron chi connectivity index (χ0n) is 10.5. The van der Waals surface area contributed by atoms with Crippen LogP contribution in [0.1, 0.15) is 17.7 Å². The smallest absolute Gasteiger partial charge is 0.404 e. The summed E-state index contributed by atoms with van der Waals surface area (Å²) in [7, 11) is 0. The van der Waals surface area contributed by atoms with E-state index in [0.717, 1.165) is 24.1 Å². The van der Waals surface area contributed by atoms with Crippen LogP contribution >= 0.6 is 0 Å². The highest BCUT2D eigenvalue weighted by Crippen LogP contribution is 2.28. The van der Waals surface area contributed by atoms with Gasteiger partial charge in [0, 0.05) is 17.8 Å². The summed E-state index contributed by atoms with van der Waals surface area (Å²) in [6.07, 6.45) is 3.42. The predicted molar refractivity (Wildman–Crippen MR) is 70.4 cm³/mol. The summed E-state index contributed by atoms with van der Waals surface area (Å²) >= 11 is 0. The van der Waals surface area contributed by atoms with Crippen molar-refractivity contribution >= 4 is 6.09 Å². The van der Waals surface area contributed by atoms with E-state index >= 15 is 0 Å². The van der Waals surface area contributed by atoms with Crippen LogP contribution in [0.15, 0.2) is 30.5 Å². The van der Waals surface area contributed by atoms with Gasteiger partial charge in [0.05, 0.1) is 6.20 Å². The molecule has 1 amide bonds. The van der Waals surface area contributed by atoms with E-state index < -0.39 is 6.09 Å². The summed E-state index contributed by atoms with van der Waals surface area (Å²) in [5.41, 5.74) is 9.50. The Morgan fingerprint density at radius 2 is 2.16 bits per heavy atom. The molecule has 5 heteroatoms. The molecule has 0 aliphatic carbocycles. The molecule has 3 rings (SSSR count). The number of benzene rings is 1. The van der Waals surface area contributed by atoms with Crippen molar-refractivity contribution in [3.05, 3.63) is 41.7 Å². The molecule has 19 heavy (non-hydrogen) atoms. The lowest BCUT2D eigenvalue weighted by Crippen LogP contribution is -2.12. The van der Waals surface area contributed by atoms with Crippen molar-refractivity contribution in [2.75, 3.05) is 0 Å². The van der Waals surface area contributed by atoms with Crippen LogP contribution in [0.5, 0.6) is 0 Å². The number of nitrogens with zero attached hydrogens (tertiary/aromatic N) is 2. The molecule has 1 aliphatic heterocycles. The van der Waals surface area contributed by atoms with Crippen LogP contribution in [0, 0.1) is 0 Å². The Balaban J connectivity index is 1.80. The van der Waals surface area contributed by atoms with Gasteiger partial charge in [-0.3, -0.25) is 4.68 Å². The van der Waals surface area contributed by atoms with Crippen molar-refractivity contribution in [2.45, 2.75) is 26.0 Å². The Labute approximate surface area is 111 Å². The topological polar surface area (TPSA) is 70.1 Å². The van der Waals surface area contributed by atoms with Crippen LogP contribution in [0.4, 0.5) is 4.79 Å². The largest absolute Gasteiger partial charge is 0.445 e. The maximum absolute atomic E-state index is 10.5. The molecular formula is C14H15N3O2. The lowest BCUT2D eigenvalue weighted by molar-refractivity contribution is 0.150. The number of carbonyl (C=O) groups excluding carboxylic acids is 1. The molecule has 1 aliphatic rings. The monoisotopic (exact) mass is 257 g/mol. The highest BCUT2D eigenvalue weighted by molar-refractivity contribution is 5.66. The van der Waals surface area contributed by atoms with E-state index in [1.807, 2.05) is 30.5 Å². The molecule has 0 saturated heterocycles. The van der Waals surface area contributed by atoms with E-state index in [0.29, 0.717) is 0 Å². The van der Waals surface area contributed by atoms with Gasteiger partial charge in [-0.25, -0.2) is 4.79 Å². The van der Waals surface area contributed by atoms with Gasteiger partial charge in [-0.05, 0) is 24.0 Å². The van der Waals surface area contributed by atoms with E-state index in [-0.39, 0.29) is 6.61 Å². The molecule has 0 spiro atoms. The Hall–Kier alpha value is -2.30. The average Bonchev–Trinajstić information content (AvgIpc) is 2.99. The Morgan fingerprint density at radius 1 is 1.37 bits per heavy atom. The summed E-state index contributed by atoms with van der Waals surface area (Å²) in [5.74, 6) is 0. The molecule has 0 atom stereocenters. The quantitative estimate of drug-likeness (QED) is 0.915. The minimum absolute atomic E-state index is 0.210. The van der Waals surface area contributed by atoms with Crippen molar-refractivity contribution in [1.82, 2.24) is 9.78 Å². The molecule has 0 fully saturated rings. The molecule has 0 unspecified atom stereocenters. The van der Waals surface area contributed by atoms with Crippen LogP contribution in [0.2, 0.25) is 0 Å². The number of carbonyl (C=O) groups is 1. The number of primary amides is 1. The van der Waals surface area contributed by atoms with Crippen molar-refractivity contribution in [3.8, 4) is 11.1 Å². The number of rotatable bonds is 3. The lowest BCUT2D eigenvalue weighted by Gasteiger charge is -2.04. The van der Waals surface area contributed by atoms with E-state index in [9.17, 15) is 4.79 Å². The normalized spacial score (nSPS) is 13.3. The highest BCUT2D eigenvalue weighted by Gasteiger charge is 2.16. The number of hydrogen-bond donors (Lipinski definition) is 1. The minimum atomic E-state index is -0.751. The van der Waals surface area contributed by atoms with Crippen LogP contribution in [-0.4, -0.2) is 15.9 Å². The highest BCUT2D eigenvalue weighted by atomic mass is 16.5. The molecule has 2 aromatic rings. The van der Waals surface area contributed by atoms with Gasteiger partial charge in [-0.1, -0.05) is 24.3 Å². The van der Waals surface area contributed by atoms with Gasteiger partial charge in [0.2, 0.25) is 0 Å². The predicted octanol–water partition coefficient (Wildman–Crippen LogP) is 2.09. The zero-order valence-corrected chi connectivity index (χ0v) is 10.5. The Kier molecular flexibility index (Phi) is 2.95. The van der Waals surface area contributed by atoms with Gasteiger partial charge < -0.3 is 10.5 Å². The first-order valence-corrected chi connectivity index (χ1v) is 6.30. The third kappa shape index (κ3) is 2.31. The first-order chi connectivity index (χ1) is 9.24. The second-order valence-electron chi connectivity index (χ2n) is 4.64. The number of ether oxygens (including phenoxy) is 1. The molecule has 0 saturated carbocycles. The second-order valence-corrected chi connectivity index (χ2v) is 4.64. The van der Waals surface area contributed by atoms with Gasteiger partial charge in [-0.15, -0.1) is 0 Å². The molecule has 98 valence electrons. The van der Waals surface area contributed by atoms with Crippen molar-refractivity contribution in [1.29, 1.82) is 0 Å². The standard InChI is InChI=1S/C14H15N3O2/c15-14(18)19-9-10-3-5-11(6-4-10)12-8-16-17-7-1-2-13(12)17/h3-6,8H,1-2,7,9H2,(H2,15,18). The van der Waals surface area contributed by atoms with Crippen LogP contribution in [0.25, 0.3) is 11.1 Å². The molecule has 2 heterocycles. The first kappa shape index (κ1) is 11.8. The number of aromatic nitrogens is 2. The van der Waals surface area contributed by atoms with Gasteiger partial charge in [-0.2, -0.15) is 5.10 Å². The lowest BCUT2D eigenvalue weighted by atomic mass is 10.0. The minimum Gasteiger partial charge on any atom is -0.445 e. The van der Waals surface area contributed by atoms with E-state index in [4.69, 9.17) is 10.5 Å². The number of aryl methyl sites for hydroxylation is 1. The molecule has 0 radical (unpaired) electrons. The summed E-state index contributed by atoms with van der Waals surface area (Å²) < 4.78 is 6.82. The Bertz CT molecular complexity index is 602. The molecular weight excluding hydrogens is 242 g/mol. The number of hydrogen-bond acceptors (Lipinski definition) is 3. The fourth-order valence-corrected chi connectivity index (χ4v) is 2.44. The first-order valence-electron chi connectivity index (χ1n) is 6.30. The fourth-order valence-electron chi connectivity index (χ4n) is 2.44. The fraction of sp³-hybridized carbons (Fsp3) is 0.286. The average molecular weight is 257 g/mol. The summed E-state index contributed by atoms with van der Waals surface area (Å²) in [6, 6.07) is 7.93. The van der Waals surface area contributed by atoms with Crippen molar-refractivity contribution < 1.29 is 9.53 Å². The Morgan fingerprint density at radius 3 is 2.89 bits per heavy atom. The van der Waals surface area contributed by atoms with Gasteiger partial charge in [0.1, 0.15) is 6.61 Å². The van der Waals surface area contributed by atoms with Crippen LogP contribution in [-0.2, 0) is 24.3 Å². The third-order valence-electron chi connectivity index (χ3n) is 3.38. The molecule has 1 aromatic heterocycles. The number of fused-ring (bicyclic) bond motifs is 1. The maximum atomic E-state index is 10.5. The van der Waals surface area contributed by atoms with Crippen LogP contribution in [0.3, 0.4) is 0 Å². The van der Waals surface area contributed by atoms with E-state index in [1.54, 1.807) is 0 Å². The van der Waals surface area contributed by atoms with E-state index in [2.05, 4.69) is 9.78 Å². The summed E-state index contributed by atoms with van der Waals surface area (Å²) in [4.78, 5) is 10.5.